The molecule has 0 N–H and O–H groups in total. The maximum atomic E-state index is 2.66. The van der Waals surface area contributed by atoms with Gasteiger partial charge in [-0.25, -0.2) is 0 Å². The molecule has 0 atom stereocenters. The molecule has 0 aliphatic carbocycles. The normalized spacial score (nSPS) is 12.2. The van der Waals surface area contributed by atoms with Gasteiger partial charge >= 0.3 is 0 Å². The number of aromatic nitrogens is 1. The van der Waals surface area contributed by atoms with Crippen LogP contribution >= 0.6 is 0 Å². The highest BCUT2D eigenvalue weighted by Crippen LogP contribution is 2.35. The second kappa shape index (κ2) is 19.2. The maximum Gasteiger partial charge on any atom is 0.0996 e. The van der Waals surface area contributed by atoms with Gasteiger partial charge in [-0.1, -0.05) is 283 Å². The summed E-state index contributed by atoms with van der Waals surface area (Å²) in [5.74, 6) is 0. The molecule has 0 radical (unpaired) electrons. The molecule has 0 spiro atoms. The molecule has 0 unspecified atom stereocenters. The molecule has 1 nitrogen and oxygen atoms in total. The van der Waals surface area contributed by atoms with Crippen LogP contribution in [0.15, 0.2) is 243 Å². The van der Waals surface area contributed by atoms with E-state index in [4.69, 9.17) is 0 Å². The zero-order valence-corrected chi connectivity index (χ0v) is 41.3. The van der Waals surface area contributed by atoms with Crippen molar-refractivity contribution >= 4 is 48.3 Å². The van der Waals surface area contributed by atoms with E-state index in [1.807, 2.05) is 0 Å². The fraction of sp³-hybridized carbons (Fsp3) is 0.156. The van der Waals surface area contributed by atoms with E-state index in [0.717, 1.165) is 36.3 Å². The van der Waals surface area contributed by atoms with Crippen LogP contribution in [0.25, 0.3) is 27.5 Å². The summed E-state index contributed by atoms with van der Waals surface area (Å²) in [5.41, 5.74) is 13.7. The van der Waals surface area contributed by atoms with E-state index in [9.17, 15) is 0 Å². The van der Waals surface area contributed by atoms with Gasteiger partial charge in [0.2, 0.25) is 0 Å². The molecule has 10 rings (SSSR count). The lowest BCUT2D eigenvalue weighted by Gasteiger charge is -2.34. The molecule has 0 aliphatic rings. The van der Waals surface area contributed by atoms with Crippen LogP contribution in [0.1, 0.15) is 59.7 Å². The molecule has 3 heteroatoms. The Morgan fingerprint density at radius 1 is 0.313 bits per heavy atom. The topological polar surface area (TPSA) is 4.93 Å². The first-order valence-corrected chi connectivity index (χ1v) is 29.4. The standard InChI is InChI=1S/C64H61NSi2/c1-64(2,3)56-34-36-57(37-35-56)65-62-40-38-58(66(44-50-22-10-4-11-23-50,45-51-24-12-5-13-25-51)46-52-26-14-6-15-27-52)42-60(62)61-43-59(39-41-63(61)65)67(47-53-28-16-7-17-29-53,48-54-30-18-8-19-31-54)49-55-32-20-9-21-33-55/h4-43H,44-49H2,1-3H3. The van der Waals surface area contributed by atoms with Crippen molar-refractivity contribution in [3.05, 3.63) is 282 Å². The van der Waals surface area contributed by atoms with Crippen LogP contribution in [0.2, 0.25) is 0 Å². The Morgan fingerprint density at radius 2 is 0.582 bits per heavy atom. The summed E-state index contributed by atoms with van der Waals surface area (Å²) >= 11 is 0. The van der Waals surface area contributed by atoms with Crippen LogP contribution in [0, 0.1) is 0 Å². The van der Waals surface area contributed by atoms with Crippen molar-refractivity contribution in [2.75, 3.05) is 0 Å². The zero-order chi connectivity index (χ0) is 45.7. The molecule has 1 heterocycles. The SMILES string of the molecule is CC(C)(C)c1ccc(-n2c3ccc([Si](Cc4ccccc4)(Cc4ccccc4)Cc4ccccc4)cc3c3cc([Si](Cc4ccccc4)(Cc4ccccc4)Cc4ccccc4)ccc32)cc1. The third kappa shape index (κ3) is 9.72. The Morgan fingerprint density at radius 3 is 0.836 bits per heavy atom. The maximum absolute atomic E-state index is 2.66. The number of hydrogen-bond donors (Lipinski definition) is 0. The molecule has 0 saturated heterocycles. The molecule has 0 amide bonds. The Kier molecular flexibility index (Phi) is 12.6. The van der Waals surface area contributed by atoms with Gasteiger partial charge in [0.05, 0.1) is 27.2 Å². The number of nitrogens with zero attached hydrogens (tertiary/aromatic N) is 1. The van der Waals surface area contributed by atoms with Crippen LogP contribution in [-0.4, -0.2) is 20.7 Å². The summed E-state index contributed by atoms with van der Waals surface area (Å²) in [6.07, 6.45) is 0. The third-order valence-corrected chi connectivity index (χ3v) is 23.9. The Labute approximate surface area is 400 Å². The minimum atomic E-state index is -2.40. The molecule has 9 aromatic carbocycles. The first-order chi connectivity index (χ1) is 32.7. The van der Waals surface area contributed by atoms with Gasteiger partial charge in [0.1, 0.15) is 0 Å². The highest BCUT2D eigenvalue weighted by Gasteiger charge is 2.39. The van der Waals surface area contributed by atoms with Gasteiger partial charge in [-0.05, 0) is 71.5 Å². The molecule has 67 heavy (non-hydrogen) atoms. The summed E-state index contributed by atoms with van der Waals surface area (Å²) < 4.78 is 2.55. The predicted molar refractivity (Wildman–Crippen MR) is 291 cm³/mol. The smallest absolute Gasteiger partial charge is 0.0996 e. The van der Waals surface area contributed by atoms with Gasteiger partial charge in [-0.2, -0.15) is 0 Å². The molecule has 0 bridgehead atoms. The number of hydrogen-bond acceptors (Lipinski definition) is 0. The summed E-state index contributed by atoms with van der Waals surface area (Å²) in [7, 11) is -4.80. The van der Waals surface area contributed by atoms with E-state index in [2.05, 4.69) is 268 Å². The molecule has 330 valence electrons. The number of rotatable bonds is 15. The molecule has 0 saturated carbocycles. The van der Waals surface area contributed by atoms with Crippen LogP contribution < -0.4 is 10.4 Å². The van der Waals surface area contributed by atoms with Crippen LogP contribution in [0.3, 0.4) is 0 Å². The molecular formula is C64H61NSi2. The van der Waals surface area contributed by atoms with E-state index in [1.165, 1.54) is 76.8 Å². The van der Waals surface area contributed by atoms with Crippen LogP contribution in [-0.2, 0) is 41.7 Å². The van der Waals surface area contributed by atoms with Gasteiger partial charge in [0, 0.05) is 16.5 Å². The summed E-state index contributed by atoms with van der Waals surface area (Å²) in [5, 5.41) is 5.74. The van der Waals surface area contributed by atoms with Crippen molar-refractivity contribution in [1.29, 1.82) is 0 Å². The van der Waals surface area contributed by atoms with Gasteiger partial charge in [-0.15, -0.1) is 0 Å². The Hall–Kier alpha value is -6.79. The zero-order valence-electron chi connectivity index (χ0n) is 39.3. The van der Waals surface area contributed by atoms with Gasteiger partial charge in [-0.3, -0.25) is 0 Å². The van der Waals surface area contributed by atoms with E-state index in [1.54, 1.807) is 0 Å². The fourth-order valence-electron chi connectivity index (χ4n) is 11.0. The van der Waals surface area contributed by atoms with E-state index in [-0.39, 0.29) is 5.41 Å². The Balaban J connectivity index is 1.24. The number of benzene rings is 9. The minimum absolute atomic E-state index is 0.0671. The quantitative estimate of drug-likeness (QED) is 0.0904. The summed E-state index contributed by atoms with van der Waals surface area (Å²) in [6, 6.07) is 98.9. The van der Waals surface area contributed by atoms with Gasteiger partial charge in [0.25, 0.3) is 0 Å². The average Bonchev–Trinajstić information content (AvgIpc) is 3.69. The first kappa shape index (κ1) is 44.1. The number of fused-ring (bicyclic) bond motifs is 3. The average molecular weight is 900 g/mol. The molecule has 0 fully saturated rings. The second-order valence-electron chi connectivity index (χ2n) is 20.1. The minimum Gasteiger partial charge on any atom is -0.309 e. The van der Waals surface area contributed by atoms with Crippen LogP contribution in [0.5, 0.6) is 0 Å². The highest BCUT2D eigenvalue weighted by atomic mass is 28.3. The van der Waals surface area contributed by atoms with Crippen molar-refractivity contribution in [2.45, 2.75) is 62.5 Å². The summed E-state index contributed by atoms with van der Waals surface area (Å²) in [6.45, 7) is 6.91. The van der Waals surface area contributed by atoms with E-state index < -0.39 is 16.1 Å². The fourth-order valence-corrected chi connectivity index (χ4v) is 20.8. The van der Waals surface area contributed by atoms with Crippen molar-refractivity contribution < 1.29 is 0 Å². The lowest BCUT2D eigenvalue weighted by Crippen LogP contribution is -2.55. The first-order valence-electron chi connectivity index (χ1n) is 24.2. The molecular weight excluding hydrogens is 839 g/mol. The molecule has 10 aromatic rings. The highest BCUT2D eigenvalue weighted by molar-refractivity contribution is 6.91. The lowest BCUT2D eigenvalue weighted by molar-refractivity contribution is 0.590. The second-order valence-corrected chi connectivity index (χ2v) is 28.5. The van der Waals surface area contributed by atoms with Crippen LogP contribution in [0.4, 0.5) is 0 Å². The van der Waals surface area contributed by atoms with E-state index >= 15 is 0 Å². The monoisotopic (exact) mass is 899 g/mol. The van der Waals surface area contributed by atoms with Crippen molar-refractivity contribution in [3.8, 4) is 5.69 Å². The largest absolute Gasteiger partial charge is 0.309 e. The molecule has 1 aromatic heterocycles. The van der Waals surface area contributed by atoms with Gasteiger partial charge < -0.3 is 4.57 Å². The van der Waals surface area contributed by atoms with Crippen molar-refractivity contribution in [2.24, 2.45) is 0 Å². The van der Waals surface area contributed by atoms with Crippen molar-refractivity contribution in [1.82, 2.24) is 4.57 Å². The van der Waals surface area contributed by atoms with Gasteiger partial charge in [0.15, 0.2) is 0 Å². The van der Waals surface area contributed by atoms with E-state index in [0.29, 0.717) is 0 Å². The third-order valence-electron chi connectivity index (χ3n) is 14.3. The molecule has 0 aliphatic heterocycles. The Bertz CT molecular complexity index is 2780. The summed E-state index contributed by atoms with van der Waals surface area (Å²) in [4.78, 5) is 0. The lowest BCUT2D eigenvalue weighted by atomic mass is 9.87. The predicted octanol–water partition coefficient (Wildman–Crippen LogP) is 14.1. The van der Waals surface area contributed by atoms with Crippen molar-refractivity contribution in [3.63, 3.8) is 0 Å².